The van der Waals surface area contributed by atoms with Gasteiger partial charge in [0.05, 0.1) is 5.69 Å². The van der Waals surface area contributed by atoms with Crippen LogP contribution >= 0.6 is 0 Å². The number of nitrogens with zero attached hydrogens (tertiary/aromatic N) is 2. The van der Waals surface area contributed by atoms with E-state index in [0.717, 1.165) is 34.4 Å². The van der Waals surface area contributed by atoms with E-state index in [-0.39, 0.29) is 11.7 Å². The highest BCUT2D eigenvalue weighted by atomic mass is 16.4. The van der Waals surface area contributed by atoms with Gasteiger partial charge in [-0.1, -0.05) is 30.3 Å². The van der Waals surface area contributed by atoms with Crippen LogP contribution in [0.25, 0.3) is 0 Å². The van der Waals surface area contributed by atoms with E-state index in [1.54, 1.807) is 0 Å². The number of rotatable bonds is 8. The van der Waals surface area contributed by atoms with Crippen molar-refractivity contribution in [2.24, 2.45) is 0 Å². The van der Waals surface area contributed by atoms with E-state index in [1.165, 1.54) is 4.90 Å². The molecule has 0 saturated carbocycles. The highest BCUT2D eigenvalue weighted by Gasteiger charge is 2.31. The molecule has 2 aromatic rings. The summed E-state index contributed by atoms with van der Waals surface area (Å²) in [6.07, 6.45) is 2.77. The van der Waals surface area contributed by atoms with Crippen molar-refractivity contribution in [2.75, 3.05) is 18.0 Å². The number of benzene rings is 2. The minimum atomic E-state index is -0.943. The molecule has 0 bridgehead atoms. The van der Waals surface area contributed by atoms with Crippen LogP contribution in [0.15, 0.2) is 42.5 Å². The SMILES string of the molecule is O=C(CCCCN(Cc1ccccc1)C(=O)O)c1cc2c3c(c1)CCN3C(=O)CC2. The summed E-state index contributed by atoms with van der Waals surface area (Å²) in [6.45, 7) is 1.47. The summed E-state index contributed by atoms with van der Waals surface area (Å²) < 4.78 is 0. The summed E-state index contributed by atoms with van der Waals surface area (Å²) in [5, 5.41) is 9.44. The Bertz CT molecular complexity index is 971. The lowest BCUT2D eigenvalue weighted by Crippen LogP contribution is -2.32. The number of unbranched alkanes of at least 4 members (excludes halogenated alkanes) is 1. The van der Waals surface area contributed by atoms with Crippen LogP contribution in [-0.2, 0) is 24.2 Å². The van der Waals surface area contributed by atoms with Crippen LogP contribution in [0.3, 0.4) is 0 Å². The summed E-state index contributed by atoms with van der Waals surface area (Å²) in [4.78, 5) is 39.6. The van der Waals surface area contributed by atoms with Gasteiger partial charge in [0.25, 0.3) is 0 Å². The third kappa shape index (κ3) is 4.22. The summed E-state index contributed by atoms with van der Waals surface area (Å²) in [5.41, 5.74) is 4.91. The Labute approximate surface area is 176 Å². The Kier molecular flexibility index (Phi) is 5.84. The molecule has 0 fully saturated rings. The predicted molar refractivity (Wildman–Crippen MR) is 114 cm³/mol. The van der Waals surface area contributed by atoms with Crippen molar-refractivity contribution in [2.45, 2.75) is 45.1 Å². The van der Waals surface area contributed by atoms with Crippen LogP contribution in [-0.4, -0.2) is 40.9 Å². The Morgan fingerprint density at radius 2 is 1.73 bits per heavy atom. The molecule has 2 heterocycles. The van der Waals surface area contributed by atoms with Gasteiger partial charge in [0.1, 0.15) is 0 Å². The molecule has 6 nitrogen and oxygen atoms in total. The second-order valence-corrected chi connectivity index (χ2v) is 8.01. The average molecular weight is 406 g/mol. The molecule has 2 amide bonds. The number of ketones is 1. The first kappa shape index (κ1) is 20.1. The minimum Gasteiger partial charge on any atom is -0.465 e. The molecule has 0 aromatic heterocycles. The molecule has 4 rings (SSSR count). The number of hydrogen-bond acceptors (Lipinski definition) is 3. The molecule has 0 radical (unpaired) electrons. The molecular weight excluding hydrogens is 380 g/mol. The number of carbonyl (C=O) groups excluding carboxylic acids is 2. The van der Waals surface area contributed by atoms with E-state index in [9.17, 15) is 19.5 Å². The molecule has 30 heavy (non-hydrogen) atoms. The number of amides is 2. The molecule has 2 aliphatic heterocycles. The normalized spacial score (nSPS) is 14.5. The van der Waals surface area contributed by atoms with Gasteiger partial charge in [0, 0.05) is 38.0 Å². The monoisotopic (exact) mass is 406 g/mol. The Morgan fingerprint density at radius 3 is 2.47 bits per heavy atom. The van der Waals surface area contributed by atoms with E-state index in [2.05, 4.69) is 0 Å². The van der Waals surface area contributed by atoms with Crippen molar-refractivity contribution in [3.63, 3.8) is 0 Å². The quantitative estimate of drug-likeness (QED) is 0.530. The highest BCUT2D eigenvalue weighted by Crippen LogP contribution is 2.37. The predicted octanol–water partition coefficient (Wildman–Crippen LogP) is 4.06. The van der Waals surface area contributed by atoms with E-state index in [1.807, 2.05) is 47.4 Å². The summed E-state index contributed by atoms with van der Waals surface area (Å²) >= 11 is 0. The molecule has 0 unspecified atom stereocenters. The molecule has 6 heteroatoms. The van der Waals surface area contributed by atoms with Crippen LogP contribution in [0, 0.1) is 0 Å². The molecule has 2 aliphatic rings. The van der Waals surface area contributed by atoms with Crippen molar-refractivity contribution in [3.05, 3.63) is 64.7 Å². The molecule has 0 aliphatic carbocycles. The lowest BCUT2D eigenvalue weighted by Gasteiger charge is -2.25. The largest absolute Gasteiger partial charge is 0.465 e. The van der Waals surface area contributed by atoms with Crippen molar-refractivity contribution in [3.8, 4) is 0 Å². The maximum absolute atomic E-state index is 12.7. The first-order valence-corrected chi connectivity index (χ1v) is 10.5. The second-order valence-electron chi connectivity index (χ2n) is 8.01. The summed E-state index contributed by atoms with van der Waals surface area (Å²) in [5.74, 6) is 0.271. The zero-order chi connectivity index (χ0) is 21.1. The highest BCUT2D eigenvalue weighted by molar-refractivity contribution is 6.02. The first-order valence-electron chi connectivity index (χ1n) is 10.5. The Morgan fingerprint density at radius 1 is 1.00 bits per heavy atom. The summed E-state index contributed by atoms with van der Waals surface area (Å²) in [6, 6.07) is 13.4. The van der Waals surface area contributed by atoms with Crippen LogP contribution in [0.4, 0.5) is 10.5 Å². The standard InChI is InChI=1S/C24H26N2O4/c27-21(8-4-5-12-25(24(29)30)16-17-6-2-1-3-7-17)20-14-18-9-10-22(28)26-13-11-19(15-20)23(18)26/h1-3,6-7,14-15H,4-5,8-13,16H2,(H,29,30). The minimum absolute atomic E-state index is 0.0920. The lowest BCUT2D eigenvalue weighted by atomic mass is 9.94. The molecule has 0 saturated heterocycles. The Balaban J connectivity index is 1.32. The first-order chi connectivity index (χ1) is 14.5. The zero-order valence-electron chi connectivity index (χ0n) is 17.0. The fourth-order valence-electron chi connectivity index (χ4n) is 4.40. The van der Waals surface area contributed by atoms with Crippen LogP contribution in [0.1, 0.15) is 52.7 Å². The van der Waals surface area contributed by atoms with Crippen molar-refractivity contribution >= 4 is 23.5 Å². The van der Waals surface area contributed by atoms with Gasteiger partial charge in [-0.2, -0.15) is 0 Å². The second kappa shape index (κ2) is 8.69. The maximum atomic E-state index is 12.7. The number of Topliss-reactive ketones (excluding diaryl/α,β-unsaturated/α-hetero) is 1. The van der Waals surface area contributed by atoms with Crippen molar-refractivity contribution in [1.29, 1.82) is 0 Å². The van der Waals surface area contributed by atoms with Gasteiger partial charge in [0.2, 0.25) is 5.91 Å². The molecule has 156 valence electrons. The number of anilines is 1. The van der Waals surface area contributed by atoms with Crippen molar-refractivity contribution in [1.82, 2.24) is 4.90 Å². The topological polar surface area (TPSA) is 77.9 Å². The van der Waals surface area contributed by atoms with Gasteiger partial charge < -0.3 is 14.9 Å². The number of carboxylic acid groups (broad SMARTS) is 1. The van der Waals surface area contributed by atoms with Gasteiger partial charge in [-0.15, -0.1) is 0 Å². The fourth-order valence-corrected chi connectivity index (χ4v) is 4.40. The third-order valence-corrected chi connectivity index (χ3v) is 5.94. The fraction of sp³-hybridized carbons (Fsp3) is 0.375. The number of hydrogen-bond donors (Lipinski definition) is 1. The third-order valence-electron chi connectivity index (χ3n) is 5.94. The van der Waals surface area contributed by atoms with Gasteiger partial charge in [-0.25, -0.2) is 4.79 Å². The van der Waals surface area contributed by atoms with E-state index < -0.39 is 6.09 Å². The Hall–Kier alpha value is -3.15. The summed E-state index contributed by atoms with van der Waals surface area (Å²) in [7, 11) is 0. The molecule has 0 spiro atoms. The lowest BCUT2D eigenvalue weighted by molar-refractivity contribution is -0.118. The van der Waals surface area contributed by atoms with Crippen LogP contribution < -0.4 is 4.90 Å². The van der Waals surface area contributed by atoms with Crippen LogP contribution in [0.5, 0.6) is 0 Å². The van der Waals surface area contributed by atoms with Gasteiger partial charge in [-0.05, 0) is 54.5 Å². The zero-order valence-corrected chi connectivity index (χ0v) is 17.0. The van der Waals surface area contributed by atoms with Gasteiger partial charge in [0.15, 0.2) is 5.78 Å². The molecular formula is C24H26N2O4. The average Bonchev–Trinajstić information content (AvgIpc) is 3.18. The van der Waals surface area contributed by atoms with Crippen molar-refractivity contribution < 1.29 is 19.5 Å². The smallest absolute Gasteiger partial charge is 0.407 e. The van der Waals surface area contributed by atoms with Gasteiger partial charge >= 0.3 is 6.09 Å². The number of aryl methyl sites for hydroxylation is 1. The van der Waals surface area contributed by atoms with E-state index >= 15 is 0 Å². The maximum Gasteiger partial charge on any atom is 0.407 e. The van der Waals surface area contributed by atoms with Crippen LogP contribution in [0.2, 0.25) is 0 Å². The van der Waals surface area contributed by atoms with E-state index in [4.69, 9.17) is 0 Å². The molecule has 1 N–H and O–H groups in total. The van der Waals surface area contributed by atoms with E-state index in [0.29, 0.717) is 51.7 Å². The molecule has 2 aromatic carbocycles. The molecule has 0 atom stereocenters. The number of carbonyl (C=O) groups is 3. The van der Waals surface area contributed by atoms with Gasteiger partial charge in [-0.3, -0.25) is 9.59 Å².